The summed E-state index contributed by atoms with van der Waals surface area (Å²) in [7, 11) is -3.58. The van der Waals surface area contributed by atoms with Gasteiger partial charge in [0.2, 0.25) is 15.9 Å². The summed E-state index contributed by atoms with van der Waals surface area (Å²) < 4.78 is 30.1. The van der Waals surface area contributed by atoms with Gasteiger partial charge in [-0.15, -0.1) is 0 Å². The van der Waals surface area contributed by atoms with Crippen molar-refractivity contribution in [2.24, 2.45) is 0 Å². The Kier molecular flexibility index (Phi) is 5.53. The van der Waals surface area contributed by atoms with Crippen LogP contribution >= 0.6 is 0 Å². The Balaban J connectivity index is 1.22. The van der Waals surface area contributed by atoms with E-state index in [1.807, 2.05) is 36.4 Å². The van der Waals surface area contributed by atoms with Gasteiger partial charge >= 0.3 is 0 Å². The molecule has 7 nitrogen and oxygen atoms in total. The van der Waals surface area contributed by atoms with E-state index in [1.54, 1.807) is 17.0 Å². The molecule has 0 saturated carbocycles. The standard InChI is InChI=1S/C24H28N4O3S/c1-19-23-7-4-10-25(23)11-12-27(19)18-24(29)26-13-15-28(16-14-26)32(30,31)22-9-8-20-5-2-3-6-21(20)17-22/h2-10,17,19H,11-16,18H2,1H3/t19-/m1/s1. The number of aromatic nitrogens is 1. The molecule has 168 valence electrons. The van der Waals surface area contributed by atoms with E-state index in [4.69, 9.17) is 0 Å². The highest BCUT2D eigenvalue weighted by molar-refractivity contribution is 7.89. The third-order valence-electron chi connectivity index (χ3n) is 6.76. The Morgan fingerprint density at radius 3 is 2.44 bits per heavy atom. The average molecular weight is 453 g/mol. The van der Waals surface area contributed by atoms with Crippen LogP contribution in [0.25, 0.3) is 10.8 Å². The molecule has 1 saturated heterocycles. The zero-order valence-corrected chi connectivity index (χ0v) is 19.0. The second-order valence-corrected chi connectivity index (χ2v) is 10.5. The van der Waals surface area contributed by atoms with Gasteiger partial charge in [0.05, 0.1) is 11.4 Å². The lowest BCUT2D eigenvalue weighted by atomic mass is 10.1. The zero-order chi connectivity index (χ0) is 22.3. The fourth-order valence-electron chi connectivity index (χ4n) is 4.77. The Morgan fingerprint density at radius 2 is 1.66 bits per heavy atom. The van der Waals surface area contributed by atoms with Crippen LogP contribution in [0.5, 0.6) is 0 Å². The fraction of sp³-hybridized carbons (Fsp3) is 0.375. The van der Waals surface area contributed by atoms with Crippen LogP contribution in [0.2, 0.25) is 0 Å². The molecule has 0 spiro atoms. The van der Waals surface area contributed by atoms with Crippen molar-refractivity contribution in [2.75, 3.05) is 39.3 Å². The van der Waals surface area contributed by atoms with Crippen molar-refractivity contribution in [1.82, 2.24) is 18.7 Å². The van der Waals surface area contributed by atoms with Crippen LogP contribution in [0.1, 0.15) is 18.7 Å². The smallest absolute Gasteiger partial charge is 0.243 e. The normalized spacial score (nSPS) is 20.4. The first-order valence-electron chi connectivity index (χ1n) is 11.1. The maximum Gasteiger partial charge on any atom is 0.243 e. The fourth-order valence-corrected chi connectivity index (χ4v) is 6.23. The van der Waals surface area contributed by atoms with Gasteiger partial charge in [-0.05, 0) is 42.0 Å². The molecule has 1 aromatic heterocycles. The number of nitrogens with zero attached hydrogens (tertiary/aromatic N) is 4. The number of sulfonamides is 1. The molecule has 32 heavy (non-hydrogen) atoms. The van der Waals surface area contributed by atoms with Gasteiger partial charge < -0.3 is 9.47 Å². The highest BCUT2D eigenvalue weighted by Gasteiger charge is 2.32. The van der Waals surface area contributed by atoms with E-state index in [0.717, 1.165) is 23.9 Å². The van der Waals surface area contributed by atoms with Crippen LogP contribution in [0.4, 0.5) is 0 Å². The Morgan fingerprint density at radius 1 is 0.906 bits per heavy atom. The topological polar surface area (TPSA) is 65.9 Å². The minimum atomic E-state index is -3.58. The van der Waals surface area contributed by atoms with Crippen LogP contribution in [0, 0.1) is 0 Å². The van der Waals surface area contributed by atoms with Gasteiger partial charge in [0.1, 0.15) is 0 Å². The lowest BCUT2D eigenvalue weighted by Gasteiger charge is -2.38. The quantitative estimate of drug-likeness (QED) is 0.610. The maximum absolute atomic E-state index is 13.2. The van der Waals surface area contributed by atoms with Crippen LogP contribution in [0.3, 0.4) is 0 Å². The first-order valence-corrected chi connectivity index (χ1v) is 12.5. The lowest BCUT2D eigenvalue weighted by molar-refractivity contribution is -0.134. The Labute approximate surface area is 188 Å². The minimum Gasteiger partial charge on any atom is -0.349 e. The molecular formula is C24H28N4O3S. The molecule has 0 aliphatic carbocycles. The van der Waals surface area contributed by atoms with Gasteiger partial charge in [-0.3, -0.25) is 9.69 Å². The van der Waals surface area contributed by atoms with E-state index in [1.165, 1.54) is 10.00 Å². The number of rotatable bonds is 4. The SMILES string of the molecule is C[C@@H]1c2cccn2CCN1CC(=O)N1CCN(S(=O)(=O)c2ccc3ccccc3c2)CC1. The molecule has 1 amide bonds. The molecule has 3 heterocycles. The molecular weight excluding hydrogens is 424 g/mol. The van der Waals surface area contributed by atoms with Crippen LogP contribution in [0.15, 0.2) is 65.7 Å². The van der Waals surface area contributed by atoms with Gasteiger partial charge in [0.15, 0.2) is 0 Å². The highest BCUT2D eigenvalue weighted by Crippen LogP contribution is 2.26. The molecule has 1 fully saturated rings. The maximum atomic E-state index is 13.2. The van der Waals surface area contributed by atoms with Crippen LogP contribution in [-0.2, 0) is 21.4 Å². The molecule has 2 aliphatic rings. The van der Waals surface area contributed by atoms with Crippen molar-refractivity contribution in [3.8, 4) is 0 Å². The van der Waals surface area contributed by atoms with Crippen molar-refractivity contribution < 1.29 is 13.2 Å². The van der Waals surface area contributed by atoms with Crippen LogP contribution < -0.4 is 0 Å². The summed E-state index contributed by atoms with van der Waals surface area (Å²) in [4.78, 5) is 17.3. The monoisotopic (exact) mass is 452 g/mol. The molecule has 2 aliphatic heterocycles. The summed E-state index contributed by atoms with van der Waals surface area (Å²) in [5.74, 6) is 0.0691. The summed E-state index contributed by atoms with van der Waals surface area (Å²) in [6.45, 7) is 5.70. The summed E-state index contributed by atoms with van der Waals surface area (Å²) in [6.07, 6.45) is 2.08. The van der Waals surface area contributed by atoms with Gasteiger partial charge in [-0.1, -0.05) is 30.3 Å². The van der Waals surface area contributed by atoms with Gasteiger partial charge in [0.25, 0.3) is 0 Å². The molecule has 3 aromatic rings. The largest absolute Gasteiger partial charge is 0.349 e. The van der Waals surface area contributed by atoms with Gasteiger partial charge in [-0.25, -0.2) is 8.42 Å². The van der Waals surface area contributed by atoms with Gasteiger partial charge in [-0.2, -0.15) is 4.31 Å². The summed E-state index contributed by atoms with van der Waals surface area (Å²) in [5.41, 5.74) is 1.23. The number of benzene rings is 2. The number of piperazine rings is 1. The second-order valence-electron chi connectivity index (χ2n) is 8.57. The van der Waals surface area contributed by atoms with E-state index >= 15 is 0 Å². The number of fused-ring (bicyclic) bond motifs is 2. The number of hydrogen-bond donors (Lipinski definition) is 0. The van der Waals surface area contributed by atoms with E-state index in [-0.39, 0.29) is 11.9 Å². The third-order valence-corrected chi connectivity index (χ3v) is 8.65. The molecule has 0 radical (unpaired) electrons. The van der Waals surface area contributed by atoms with Crippen molar-refractivity contribution in [2.45, 2.75) is 24.4 Å². The van der Waals surface area contributed by atoms with Crippen molar-refractivity contribution >= 4 is 26.7 Å². The van der Waals surface area contributed by atoms with Crippen molar-refractivity contribution in [3.63, 3.8) is 0 Å². The molecule has 0 unspecified atom stereocenters. The first-order chi connectivity index (χ1) is 15.4. The lowest BCUT2D eigenvalue weighted by Crippen LogP contribution is -2.53. The number of carbonyl (C=O) groups is 1. The van der Waals surface area contributed by atoms with E-state index in [9.17, 15) is 13.2 Å². The van der Waals surface area contributed by atoms with Gasteiger partial charge in [0, 0.05) is 57.2 Å². The molecule has 8 heteroatoms. The minimum absolute atomic E-state index is 0.0691. The number of hydrogen-bond acceptors (Lipinski definition) is 4. The third kappa shape index (κ3) is 3.83. The number of carbonyl (C=O) groups excluding carboxylic acids is 1. The Bertz CT molecular complexity index is 1240. The molecule has 0 N–H and O–H groups in total. The van der Waals surface area contributed by atoms with Crippen molar-refractivity contribution in [1.29, 1.82) is 0 Å². The second kappa shape index (κ2) is 8.35. The number of amides is 1. The molecule has 1 atom stereocenters. The highest BCUT2D eigenvalue weighted by atomic mass is 32.2. The average Bonchev–Trinajstić information content (AvgIpc) is 3.30. The van der Waals surface area contributed by atoms with Crippen LogP contribution in [-0.4, -0.2) is 72.3 Å². The Hall–Kier alpha value is -2.68. The van der Waals surface area contributed by atoms with E-state index in [0.29, 0.717) is 37.6 Å². The predicted molar refractivity (Wildman–Crippen MR) is 124 cm³/mol. The summed E-state index contributed by atoms with van der Waals surface area (Å²) in [5, 5.41) is 1.92. The summed E-state index contributed by atoms with van der Waals surface area (Å²) in [6, 6.07) is 17.3. The molecule has 5 rings (SSSR count). The first kappa shape index (κ1) is 21.2. The van der Waals surface area contributed by atoms with E-state index in [2.05, 4.69) is 28.7 Å². The molecule has 0 bridgehead atoms. The summed E-state index contributed by atoms with van der Waals surface area (Å²) >= 11 is 0. The zero-order valence-electron chi connectivity index (χ0n) is 18.2. The predicted octanol–water partition coefficient (Wildman–Crippen LogP) is 2.55. The molecule has 2 aromatic carbocycles. The van der Waals surface area contributed by atoms with E-state index < -0.39 is 10.0 Å². The van der Waals surface area contributed by atoms with Crippen molar-refractivity contribution in [3.05, 3.63) is 66.5 Å².